The Bertz CT molecular complexity index is 417. The van der Waals surface area contributed by atoms with Gasteiger partial charge in [0.15, 0.2) is 0 Å². The lowest BCUT2D eigenvalue weighted by molar-refractivity contribution is 0.237. The summed E-state index contributed by atoms with van der Waals surface area (Å²) >= 11 is 0. The van der Waals surface area contributed by atoms with Crippen LogP contribution < -0.4 is 4.74 Å². The molecule has 0 atom stereocenters. The van der Waals surface area contributed by atoms with Crippen molar-refractivity contribution in [2.75, 3.05) is 26.2 Å². The summed E-state index contributed by atoms with van der Waals surface area (Å²) in [6, 6.07) is 5.54. The normalized spacial score (nSPS) is 16.8. The Morgan fingerprint density at radius 2 is 1.84 bits per heavy atom. The fourth-order valence-corrected chi connectivity index (χ4v) is 2.40. The zero-order chi connectivity index (χ0) is 13.9. The number of ether oxygens (including phenoxy) is 1. The first-order chi connectivity index (χ1) is 8.95. The maximum absolute atomic E-state index is 9.78. The molecule has 0 spiro atoms. The van der Waals surface area contributed by atoms with Gasteiger partial charge in [-0.2, -0.15) is 0 Å². The third-order valence-corrected chi connectivity index (χ3v) is 3.63. The summed E-state index contributed by atoms with van der Waals surface area (Å²) in [5.74, 6) is 1.05. The third kappa shape index (κ3) is 4.13. The number of benzene rings is 1. The van der Waals surface area contributed by atoms with Crippen molar-refractivity contribution in [3.63, 3.8) is 0 Å². The van der Waals surface area contributed by atoms with Gasteiger partial charge in [-0.15, -0.1) is 0 Å². The lowest BCUT2D eigenvalue weighted by Crippen LogP contribution is -2.25. The van der Waals surface area contributed by atoms with Crippen LogP contribution in [-0.2, 0) is 5.41 Å². The second kappa shape index (κ2) is 5.83. The Labute approximate surface area is 116 Å². The smallest absolute Gasteiger partial charge is 0.123 e. The van der Waals surface area contributed by atoms with Gasteiger partial charge in [-0.25, -0.2) is 0 Å². The summed E-state index contributed by atoms with van der Waals surface area (Å²) in [6.07, 6.45) is 2.61. The van der Waals surface area contributed by atoms with E-state index in [2.05, 4.69) is 25.7 Å². The Morgan fingerprint density at radius 3 is 2.47 bits per heavy atom. The summed E-state index contributed by atoms with van der Waals surface area (Å²) in [6.45, 7) is 10.4. The second-order valence-corrected chi connectivity index (χ2v) is 6.36. The highest BCUT2D eigenvalue weighted by atomic mass is 16.5. The first kappa shape index (κ1) is 14.2. The zero-order valence-corrected chi connectivity index (χ0v) is 12.3. The Balaban J connectivity index is 1.94. The molecule has 2 rings (SSSR count). The molecule has 1 aromatic carbocycles. The largest absolute Gasteiger partial charge is 0.508 e. The fourth-order valence-electron chi connectivity index (χ4n) is 2.40. The minimum absolute atomic E-state index is 0.0196. The van der Waals surface area contributed by atoms with Crippen LogP contribution in [0, 0.1) is 0 Å². The highest BCUT2D eigenvalue weighted by molar-refractivity contribution is 5.40. The maximum Gasteiger partial charge on any atom is 0.123 e. The molecule has 1 aliphatic rings. The van der Waals surface area contributed by atoms with Gasteiger partial charge in [-0.1, -0.05) is 20.8 Å². The minimum atomic E-state index is 0.0196. The van der Waals surface area contributed by atoms with Crippen molar-refractivity contribution in [1.29, 1.82) is 0 Å². The molecular weight excluding hydrogens is 238 g/mol. The molecule has 3 heteroatoms. The summed E-state index contributed by atoms with van der Waals surface area (Å²) in [4.78, 5) is 2.42. The second-order valence-electron chi connectivity index (χ2n) is 6.36. The number of rotatable bonds is 4. The van der Waals surface area contributed by atoms with Crippen LogP contribution in [-0.4, -0.2) is 36.2 Å². The van der Waals surface area contributed by atoms with Gasteiger partial charge in [0.2, 0.25) is 0 Å². The van der Waals surface area contributed by atoms with E-state index >= 15 is 0 Å². The van der Waals surface area contributed by atoms with Crippen LogP contribution in [0.3, 0.4) is 0 Å². The maximum atomic E-state index is 9.78. The van der Waals surface area contributed by atoms with Crippen molar-refractivity contribution in [3.8, 4) is 11.5 Å². The Kier molecular flexibility index (Phi) is 4.35. The number of hydrogen-bond acceptors (Lipinski definition) is 3. The van der Waals surface area contributed by atoms with E-state index in [1.165, 1.54) is 25.9 Å². The number of phenolic OH excluding ortho intramolecular Hbond substituents is 1. The highest BCUT2D eigenvalue weighted by Crippen LogP contribution is 2.30. The van der Waals surface area contributed by atoms with Gasteiger partial charge in [-0.05, 0) is 49.0 Å². The average Bonchev–Trinajstić information content (AvgIpc) is 2.80. The molecular formula is C16H25NO2. The van der Waals surface area contributed by atoms with Crippen molar-refractivity contribution < 1.29 is 9.84 Å². The van der Waals surface area contributed by atoms with E-state index in [9.17, 15) is 5.11 Å². The van der Waals surface area contributed by atoms with E-state index in [-0.39, 0.29) is 11.2 Å². The molecule has 19 heavy (non-hydrogen) atoms. The van der Waals surface area contributed by atoms with Crippen LogP contribution in [0.1, 0.15) is 39.2 Å². The lowest BCUT2D eigenvalue weighted by atomic mass is 9.87. The topological polar surface area (TPSA) is 32.7 Å². The molecule has 106 valence electrons. The van der Waals surface area contributed by atoms with E-state index in [1.807, 2.05) is 12.1 Å². The SMILES string of the molecule is CC(C)(C)c1cc(O)cc(OCCN2CCCC2)c1. The predicted octanol–water partition coefficient (Wildman–Crippen LogP) is 3.16. The molecule has 1 saturated heterocycles. The van der Waals surface area contributed by atoms with Crippen molar-refractivity contribution in [1.82, 2.24) is 4.90 Å². The van der Waals surface area contributed by atoms with Crippen LogP contribution in [0.4, 0.5) is 0 Å². The molecule has 0 radical (unpaired) electrons. The van der Waals surface area contributed by atoms with Crippen molar-refractivity contribution in [2.45, 2.75) is 39.0 Å². The monoisotopic (exact) mass is 263 g/mol. The van der Waals surface area contributed by atoms with Gasteiger partial charge >= 0.3 is 0 Å². The Hall–Kier alpha value is -1.22. The van der Waals surface area contributed by atoms with E-state index in [4.69, 9.17) is 4.74 Å². The molecule has 0 aliphatic carbocycles. The summed E-state index contributed by atoms with van der Waals surface area (Å²) in [5, 5.41) is 9.78. The number of hydrogen-bond donors (Lipinski definition) is 1. The predicted molar refractivity (Wildman–Crippen MR) is 78.0 cm³/mol. The van der Waals surface area contributed by atoms with Gasteiger partial charge in [0, 0.05) is 12.6 Å². The van der Waals surface area contributed by atoms with Crippen LogP contribution in [0.2, 0.25) is 0 Å². The van der Waals surface area contributed by atoms with Crippen molar-refractivity contribution in [2.24, 2.45) is 0 Å². The van der Waals surface area contributed by atoms with Gasteiger partial charge < -0.3 is 9.84 Å². The van der Waals surface area contributed by atoms with Gasteiger partial charge in [0.1, 0.15) is 18.1 Å². The molecule has 0 amide bonds. The quantitative estimate of drug-likeness (QED) is 0.905. The van der Waals surface area contributed by atoms with Crippen LogP contribution >= 0.6 is 0 Å². The molecule has 1 aromatic rings. The van der Waals surface area contributed by atoms with E-state index in [0.717, 1.165) is 17.9 Å². The summed E-state index contributed by atoms with van der Waals surface area (Å²) in [5.41, 5.74) is 1.12. The molecule has 0 aromatic heterocycles. The number of likely N-dealkylation sites (tertiary alicyclic amines) is 1. The average molecular weight is 263 g/mol. The van der Waals surface area contributed by atoms with E-state index < -0.39 is 0 Å². The summed E-state index contributed by atoms with van der Waals surface area (Å²) in [7, 11) is 0. The minimum Gasteiger partial charge on any atom is -0.508 e. The molecule has 0 unspecified atom stereocenters. The van der Waals surface area contributed by atoms with Crippen LogP contribution in [0.15, 0.2) is 18.2 Å². The van der Waals surface area contributed by atoms with Gasteiger partial charge in [-0.3, -0.25) is 4.90 Å². The molecule has 1 aliphatic heterocycles. The first-order valence-electron chi connectivity index (χ1n) is 7.15. The lowest BCUT2D eigenvalue weighted by Gasteiger charge is -2.21. The molecule has 1 N–H and O–H groups in total. The molecule has 3 nitrogen and oxygen atoms in total. The standard InChI is InChI=1S/C16H25NO2/c1-16(2,3)13-10-14(18)12-15(11-13)19-9-8-17-6-4-5-7-17/h10-12,18H,4-9H2,1-3H3. The molecule has 1 heterocycles. The molecule has 0 saturated carbocycles. The Morgan fingerprint density at radius 1 is 1.16 bits per heavy atom. The van der Waals surface area contributed by atoms with Crippen LogP contribution in [0.5, 0.6) is 11.5 Å². The first-order valence-corrected chi connectivity index (χ1v) is 7.15. The van der Waals surface area contributed by atoms with Crippen LogP contribution in [0.25, 0.3) is 0 Å². The van der Waals surface area contributed by atoms with Crippen molar-refractivity contribution in [3.05, 3.63) is 23.8 Å². The third-order valence-electron chi connectivity index (χ3n) is 3.63. The summed E-state index contributed by atoms with van der Waals surface area (Å²) < 4.78 is 5.78. The van der Waals surface area contributed by atoms with E-state index in [0.29, 0.717) is 6.61 Å². The fraction of sp³-hybridized carbons (Fsp3) is 0.625. The zero-order valence-electron chi connectivity index (χ0n) is 12.3. The van der Waals surface area contributed by atoms with Crippen molar-refractivity contribution >= 4 is 0 Å². The number of aromatic hydroxyl groups is 1. The molecule has 1 fully saturated rings. The molecule has 0 bridgehead atoms. The van der Waals surface area contributed by atoms with E-state index in [1.54, 1.807) is 6.07 Å². The number of phenols is 1. The van der Waals surface area contributed by atoms with Gasteiger partial charge in [0.25, 0.3) is 0 Å². The highest BCUT2D eigenvalue weighted by Gasteiger charge is 2.16. The van der Waals surface area contributed by atoms with Gasteiger partial charge in [0.05, 0.1) is 0 Å². The number of nitrogens with zero attached hydrogens (tertiary/aromatic N) is 1.